The number of hydrogen-bond acceptors (Lipinski definition) is 3. The predicted molar refractivity (Wildman–Crippen MR) is 76.6 cm³/mol. The summed E-state index contributed by atoms with van der Waals surface area (Å²) in [7, 11) is 0. The van der Waals surface area contributed by atoms with Gasteiger partial charge in [-0.1, -0.05) is 5.06 Å². The smallest absolute Gasteiger partial charge is 0.316 e. The maximum Gasteiger partial charge on any atom is 0.316 e. The van der Waals surface area contributed by atoms with Gasteiger partial charge in [-0.3, -0.25) is 4.74 Å². The number of hydrogen-bond donors (Lipinski definition) is 0. The van der Waals surface area contributed by atoms with Crippen LogP contribution in [0.5, 0.6) is 0 Å². The SMILES string of the molecule is CSc1ccc(C2=[N+]([O-])C(C)(C)C(C)(C)N2[O])cc1. The highest BCUT2D eigenvalue weighted by atomic mass is 32.2. The Labute approximate surface area is 118 Å². The lowest BCUT2D eigenvalue weighted by Gasteiger charge is -2.32. The molecule has 1 aliphatic heterocycles. The Balaban J connectivity index is 2.52. The highest BCUT2D eigenvalue weighted by Crippen LogP contribution is 2.37. The van der Waals surface area contributed by atoms with Crippen LogP contribution in [0.1, 0.15) is 33.3 Å². The molecule has 0 aliphatic carbocycles. The van der Waals surface area contributed by atoms with Gasteiger partial charge < -0.3 is 5.21 Å². The average Bonchev–Trinajstić information content (AvgIpc) is 2.49. The Bertz CT molecular complexity index is 521. The molecule has 0 N–H and O–H groups in total. The van der Waals surface area contributed by atoms with Crippen molar-refractivity contribution in [2.45, 2.75) is 43.7 Å². The molecule has 19 heavy (non-hydrogen) atoms. The largest absolute Gasteiger partial charge is 0.714 e. The van der Waals surface area contributed by atoms with Crippen molar-refractivity contribution in [3.05, 3.63) is 35.0 Å². The van der Waals surface area contributed by atoms with Crippen LogP contribution in [0.15, 0.2) is 29.2 Å². The molecular formula is C14H19N2O2S. The number of amidine groups is 1. The van der Waals surface area contributed by atoms with Gasteiger partial charge >= 0.3 is 5.84 Å². The molecule has 0 aromatic heterocycles. The molecule has 0 fully saturated rings. The third kappa shape index (κ3) is 1.92. The molecule has 0 amide bonds. The summed E-state index contributed by atoms with van der Waals surface area (Å²) < 4.78 is 0.841. The minimum atomic E-state index is -0.762. The summed E-state index contributed by atoms with van der Waals surface area (Å²) in [6.45, 7) is 7.20. The van der Waals surface area contributed by atoms with E-state index in [-0.39, 0.29) is 5.84 Å². The van der Waals surface area contributed by atoms with Crippen LogP contribution in [0, 0.1) is 5.21 Å². The van der Waals surface area contributed by atoms with E-state index in [1.165, 1.54) is 0 Å². The molecule has 1 radical (unpaired) electrons. The summed E-state index contributed by atoms with van der Waals surface area (Å²) in [4.78, 5) is 1.11. The van der Waals surface area contributed by atoms with Gasteiger partial charge in [-0.25, -0.2) is 0 Å². The third-order valence-corrected chi connectivity index (χ3v) is 4.99. The summed E-state index contributed by atoms with van der Waals surface area (Å²) in [6.07, 6.45) is 1.99. The van der Waals surface area contributed by atoms with E-state index in [1.54, 1.807) is 39.5 Å². The molecule has 1 aromatic rings. The molecule has 1 heterocycles. The summed E-state index contributed by atoms with van der Waals surface area (Å²) >= 11 is 1.63. The monoisotopic (exact) mass is 279 g/mol. The van der Waals surface area contributed by atoms with Crippen molar-refractivity contribution in [1.29, 1.82) is 0 Å². The van der Waals surface area contributed by atoms with Crippen molar-refractivity contribution in [2.75, 3.05) is 6.26 Å². The summed E-state index contributed by atoms with van der Waals surface area (Å²) in [5.41, 5.74) is -0.855. The molecule has 0 unspecified atom stereocenters. The van der Waals surface area contributed by atoms with Crippen LogP contribution in [0.3, 0.4) is 0 Å². The molecule has 4 nitrogen and oxygen atoms in total. The maximum absolute atomic E-state index is 12.4. The summed E-state index contributed by atoms with van der Waals surface area (Å²) in [5, 5.41) is 25.7. The van der Waals surface area contributed by atoms with Crippen molar-refractivity contribution in [2.24, 2.45) is 0 Å². The number of benzene rings is 1. The molecule has 0 bridgehead atoms. The topological polar surface area (TPSA) is 49.2 Å². The van der Waals surface area contributed by atoms with E-state index in [0.717, 1.165) is 14.7 Å². The fourth-order valence-corrected chi connectivity index (χ4v) is 2.49. The van der Waals surface area contributed by atoms with Gasteiger partial charge in [-0.05, 0) is 58.2 Å². The lowest BCUT2D eigenvalue weighted by molar-refractivity contribution is -0.539. The van der Waals surface area contributed by atoms with Gasteiger partial charge in [0, 0.05) is 10.1 Å². The number of nitrogens with zero attached hydrogens (tertiary/aromatic N) is 2. The van der Waals surface area contributed by atoms with Crippen LogP contribution in [0.4, 0.5) is 0 Å². The van der Waals surface area contributed by atoms with Gasteiger partial charge in [0.1, 0.15) is 5.54 Å². The van der Waals surface area contributed by atoms with Gasteiger partial charge in [0.25, 0.3) is 0 Å². The highest BCUT2D eigenvalue weighted by Gasteiger charge is 2.59. The Morgan fingerprint density at radius 1 is 1.16 bits per heavy atom. The second kappa shape index (κ2) is 4.42. The Morgan fingerprint density at radius 2 is 1.68 bits per heavy atom. The zero-order chi connectivity index (χ0) is 14.4. The van der Waals surface area contributed by atoms with Gasteiger partial charge in [0.15, 0.2) is 5.54 Å². The normalized spacial score (nSPS) is 21.1. The molecule has 0 atom stereocenters. The van der Waals surface area contributed by atoms with Crippen LogP contribution < -0.4 is 0 Å². The fraction of sp³-hybridized carbons (Fsp3) is 0.500. The molecule has 0 saturated carbocycles. The quantitative estimate of drug-likeness (QED) is 0.475. The second-order valence-corrected chi connectivity index (χ2v) is 6.64. The number of thioether (sulfide) groups is 1. The van der Waals surface area contributed by atoms with Gasteiger partial charge in [-0.15, -0.1) is 11.8 Å². The van der Waals surface area contributed by atoms with Gasteiger partial charge in [0.2, 0.25) is 0 Å². The predicted octanol–water partition coefficient (Wildman–Crippen LogP) is 2.88. The molecule has 0 saturated heterocycles. The summed E-state index contributed by atoms with van der Waals surface area (Å²) in [6, 6.07) is 7.50. The van der Waals surface area contributed by atoms with Gasteiger partial charge in [-0.2, -0.15) is 0 Å². The zero-order valence-electron chi connectivity index (χ0n) is 11.9. The Morgan fingerprint density at radius 3 is 2.05 bits per heavy atom. The first-order valence-electron chi connectivity index (χ1n) is 6.19. The van der Waals surface area contributed by atoms with Crippen molar-refractivity contribution in [1.82, 2.24) is 5.06 Å². The van der Waals surface area contributed by atoms with Crippen molar-refractivity contribution in [3.8, 4) is 0 Å². The van der Waals surface area contributed by atoms with Crippen LogP contribution in [0.2, 0.25) is 0 Å². The molecule has 0 spiro atoms. The van der Waals surface area contributed by atoms with Crippen LogP contribution in [0.25, 0.3) is 0 Å². The van der Waals surface area contributed by atoms with Crippen LogP contribution >= 0.6 is 11.8 Å². The fourth-order valence-electron chi connectivity index (χ4n) is 2.08. The third-order valence-electron chi connectivity index (χ3n) is 4.25. The van der Waals surface area contributed by atoms with Gasteiger partial charge in [0.05, 0.1) is 5.56 Å². The lowest BCUT2D eigenvalue weighted by atomic mass is 9.84. The first-order chi connectivity index (χ1) is 8.73. The maximum atomic E-state index is 12.4. The lowest BCUT2D eigenvalue weighted by Crippen LogP contribution is -2.53. The van der Waals surface area contributed by atoms with Crippen LogP contribution in [-0.4, -0.2) is 33.0 Å². The van der Waals surface area contributed by atoms with Crippen molar-refractivity contribution < 1.29 is 9.95 Å². The molecule has 1 aromatic carbocycles. The molecule has 2 rings (SSSR count). The second-order valence-electron chi connectivity index (χ2n) is 5.76. The molecule has 5 heteroatoms. The average molecular weight is 279 g/mol. The molecular weight excluding hydrogens is 260 g/mol. The minimum Gasteiger partial charge on any atom is -0.714 e. The van der Waals surface area contributed by atoms with E-state index in [2.05, 4.69) is 0 Å². The van der Waals surface area contributed by atoms with E-state index < -0.39 is 11.1 Å². The minimum absolute atomic E-state index is 0.197. The van der Waals surface area contributed by atoms with E-state index in [0.29, 0.717) is 5.56 Å². The van der Waals surface area contributed by atoms with E-state index >= 15 is 0 Å². The first-order valence-corrected chi connectivity index (χ1v) is 7.42. The standard InChI is InChI=1S/C14H19N2O2S/c1-13(2)14(3,4)16(18)12(15(13)17)10-6-8-11(19-5)9-7-10/h6-9H,1-5H3. The summed E-state index contributed by atoms with van der Waals surface area (Å²) in [5.74, 6) is 0.197. The number of hydroxylamine groups is 3. The molecule has 1 aliphatic rings. The Kier molecular flexibility index (Phi) is 3.31. The van der Waals surface area contributed by atoms with E-state index in [9.17, 15) is 10.4 Å². The number of rotatable bonds is 2. The van der Waals surface area contributed by atoms with Crippen LogP contribution in [-0.2, 0) is 5.21 Å². The van der Waals surface area contributed by atoms with E-state index in [1.807, 2.05) is 30.5 Å². The Hall–Kier alpha value is -1.20. The van der Waals surface area contributed by atoms with Crippen molar-refractivity contribution in [3.63, 3.8) is 0 Å². The first kappa shape index (κ1) is 14.2. The molecule has 103 valence electrons. The highest BCUT2D eigenvalue weighted by molar-refractivity contribution is 7.98. The van der Waals surface area contributed by atoms with Crippen molar-refractivity contribution >= 4 is 17.6 Å². The van der Waals surface area contributed by atoms with E-state index in [4.69, 9.17) is 0 Å². The zero-order valence-corrected chi connectivity index (χ0v) is 12.7.